The average molecular weight is 177 g/mol. The summed E-state index contributed by atoms with van der Waals surface area (Å²) in [4.78, 5) is 0. The number of rotatable bonds is 8. The number of hydrogen-bond acceptors (Lipinski definition) is 4. The minimum Gasteiger partial charge on any atom is -0.394 e. The topological polar surface area (TPSA) is 64.7 Å². The molecule has 0 aromatic heterocycles. The molecule has 4 nitrogen and oxygen atoms in total. The van der Waals surface area contributed by atoms with E-state index in [4.69, 9.17) is 20.3 Å². The molecule has 74 valence electrons. The molecular weight excluding hydrogens is 158 g/mol. The van der Waals surface area contributed by atoms with Gasteiger partial charge in [0.15, 0.2) is 0 Å². The Kier molecular flexibility index (Phi) is 8.81. The summed E-state index contributed by atoms with van der Waals surface area (Å²) in [7, 11) is 0. The van der Waals surface area contributed by atoms with Crippen LogP contribution in [0.3, 0.4) is 0 Å². The summed E-state index contributed by atoms with van der Waals surface area (Å²) in [5.41, 5.74) is 5.61. The van der Waals surface area contributed by atoms with Crippen LogP contribution < -0.4 is 5.73 Å². The maximum absolute atomic E-state index is 8.36. The van der Waals surface area contributed by atoms with Crippen LogP contribution in [0.5, 0.6) is 0 Å². The Morgan fingerprint density at radius 1 is 1.25 bits per heavy atom. The van der Waals surface area contributed by atoms with E-state index in [0.29, 0.717) is 26.4 Å². The molecule has 1 unspecified atom stereocenters. The molecule has 0 aliphatic heterocycles. The Hall–Kier alpha value is -0.160. The van der Waals surface area contributed by atoms with E-state index in [0.717, 1.165) is 6.42 Å². The molecule has 0 fully saturated rings. The minimum atomic E-state index is 0.0640. The van der Waals surface area contributed by atoms with E-state index in [1.807, 2.05) is 6.92 Å². The molecule has 3 N–H and O–H groups in total. The second kappa shape index (κ2) is 8.93. The zero-order valence-corrected chi connectivity index (χ0v) is 7.66. The molecule has 0 amide bonds. The van der Waals surface area contributed by atoms with Gasteiger partial charge in [0.2, 0.25) is 0 Å². The van der Waals surface area contributed by atoms with Gasteiger partial charge in [-0.15, -0.1) is 0 Å². The summed E-state index contributed by atoms with van der Waals surface area (Å²) in [6.45, 7) is 4.12. The first-order valence-corrected chi connectivity index (χ1v) is 4.33. The number of ether oxygens (including phenoxy) is 2. The largest absolute Gasteiger partial charge is 0.394 e. The van der Waals surface area contributed by atoms with Gasteiger partial charge >= 0.3 is 0 Å². The van der Waals surface area contributed by atoms with Crippen molar-refractivity contribution < 1.29 is 14.6 Å². The summed E-state index contributed by atoms with van der Waals surface area (Å²) >= 11 is 0. The monoisotopic (exact) mass is 177 g/mol. The molecule has 0 rings (SSSR count). The van der Waals surface area contributed by atoms with Gasteiger partial charge in [0.25, 0.3) is 0 Å². The van der Waals surface area contributed by atoms with E-state index in [9.17, 15) is 0 Å². The molecule has 0 aromatic rings. The first kappa shape index (κ1) is 11.8. The third-order valence-corrected chi connectivity index (χ3v) is 1.46. The van der Waals surface area contributed by atoms with E-state index < -0.39 is 0 Å². The minimum absolute atomic E-state index is 0.0640. The number of nitrogens with two attached hydrogens (primary N) is 1. The SMILES string of the molecule is CCC(N)COCCOCCO. The molecule has 0 bridgehead atoms. The molecule has 0 aromatic carbocycles. The number of aliphatic hydroxyl groups is 1. The number of aliphatic hydroxyl groups excluding tert-OH is 1. The highest BCUT2D eigenvalue weighted by atomic mass is 16.5. The van der Waals surface area contributed by atoms with Gasteiger partial charge in [-0.25, -0.2) is 0 Å². The lowest BCUT2D eigenvalue weighted by molar-refractivity contribution is 0.0291. The van der Waals surface area contributed by atoms with Gasteiger partial charge in [0.1, 0.15) is 0 Å². The van der Waals surface area contributed by atoms with Crippen molar-refractivity contribution >= 4 is 0 Å². The third-order valence-electron chi connectivity index (χ3n) is 1.46. The van der Waals surface area contributed by atoms with Crippen LogP contribution in [0.2, 0.25) is 0 Å². The van der Waals surface area contributed by atoms with Gasteiger partial charge in [-0.1, -0.05) is 6.92 Å². The first-order chi connectivity index (χ1) is 5.81. The fourth-order valence-electron chi connectivity index (χ4n) is 0.637. The maximum Gasteiger partial charge on any atom is 0.0701 e. The molecular formula is C8H19NO3. The van der Waals surface area contributed by atoms with Crippen LogP contribution in [-0.4, -0.2) is 44.2 Å². The lowest BCUT2D eigenvalue weighted by atomic mass is 10.3. The summed E-state index contributed by atoms with van der Waals surface area (Å²) < 4.78 is 10.2. The van der Waals surface area contributed by atoms with Crippen LogP contribution in [0.4, 0.5) is 0 Å². The van der Waals surface area contributed by atoms with Crippen LogP contribution in [-0.2, 0) is 9.47 Å². The summed E-state index contributed by atoms with van der Waals surface area (Å²) in [5, 5.41) is 8.36. The molecule has 0 spiro atoms. The second-order valence-electron chi connectivity index (χ2n) is 2.58. The lowest BCUT2D eigenvalue weighted by Gasteiger charge is -2.09. The summed E-state index contributed by atoms with van der Waals surface area (Å²) in [6, 6.07) is 0.128. The zero-order valence-electron chi connectivity index (χ0n) is 7.66. The smallest absolute Gasteiger partial charge is 0.0701 e. The van der Waals surface area contributed by atoms with Crippen LogP contribution >= 0.6 is 0 Å². The predicted octanol–water partition coefficient (Wildman–Crippen LogP) is -0.251. The molecule has 1 atom stereocenters. The van der Waals surface area contributed by atoms with Crippen LogP contribution in [0.1, 0.15) is 13.3 Å². The van der Waals surface area contributed by atoms with Crippen molar-refractivity contribution in [3.05, 3.63) is 0 Å². The second-order valence-corrected chi connectivity index (χ2v) is 2.58. The van der Waals surface area contributed by atoms with E-state index in [1.165, 1.54) is 0 Å². The van der Waals surface area contributed by atoms with Crippen molar-refractivity contribution in [1.82, 2.24) is 0 Å². The van der Waals surface area contributed by atoms with Crippen LogP contribution in [0.25, 0.3) is 0 Å². The van der Waals surface area contributed by atoms with Crippen molar-refractivity contribution in [3.8, 4) is 0 Å². The fourth-order valence-corrected chi connectivity index (χ4v) is 0.637. The molecule has 0 aliphatic carbocycles. The first-order valence-electron chi connectivity index (χ1n) is 4.33. The van der Waals surface area contributed by atoms with E-state index in [-0.39, 0.29) is 12.6 Å². The van der Waals surface area contributed by atoms with Gasteiger partial charge in [0.05, 0.1) is 33.0 Å². The Bertz CT molecular complexity index is 90.4. The highest BCUT2D eigenvalue weighted by Gasteiger charge is 1.97. The van der Waals surface area contributed by atoms with Crippen molar-refractivity contribution in [1.29, 1.82) is 0 Å². The number of hydrogen-bond donors (Lipinski definition) is 2. The third kappa shape index (κ3) is 7.94. The quantitative estimate of drug-likeness (QED) is 0.502. The lowest BCUT2D eigenvalue weighted by Crippen LogP contribution is -2.25. The molecule has 0 saturated carbocycles. The van der Waals surface area contributed by atoms with Gasteiger partial charge in [-0.3, -0.25) is 0 Å². The molecule has 0 saturated heterocycles. The van der Waals surface area contributed by atoms with E-state index in [2.05, 4.69) is 0 Å². The maximum atomic E-state index is 8.36. The molecule has 0 heterocycles. The average Bonchev–Trinajstić information content (AvgIpc) is 2.10. The Morgan fingerprint density at radius 3 is 2.50 bits per heavy atom. The Balaban J connectivity index is 2.90. The van der Waals surface area contributed by atoms with E-state index in [1.54, 1.807) is 0 Å². The Labute approximate surface area is 73.7 Å². The van der Waals surface area contributed by atoms with Crippen LogP contribution in [0.15, 0.2) is 0 Å². The van der Waals surface area contributed by atoms with Crippen molar-refractivity contribution in [3.63, 3.8) is 0 Å². The molecule has 0 radical (unpaired) electrons. The predicted molar refractivity (Wildman–Crippen MR) is 47.0 cm³/mol. The molecule has 12 heavy (non-hydrogen) atoms. The van der Waals surface area contributed by atoms with E-state index >= 15 is 0 Å². The van der Waals surface area contributed by atoms with Gasteiger partial charge in [-0.2, -0.15) is 0 Å². The normalized spacial score (nSPS) is 13.2. The van der Waals surface area contributed by atoms with Gasteiger partial charge < -0.3 is 20.3 Å². The summed E-state index contributed by atoms with van der Waals surface area (Å²) in [6.07, 6.45) is 0.928. The fraction of sp³-hybridized carbons (Fsp3) is 1.00. The summed E-state index contributed by atoms with van der Waals surface area (Å²) in [5.74, 6) is 0. The standard InChI is InChI=1S/C8H19NO3/c1-2-8(9)7-12-6-5-11-4-3-10/h8,10H,2-7,9H2,1H3. The zero-order chi connectivity index (χ0) is 9.23. The highest BCUT2D eigenvalue weighted by Crippen LogP contribution is 1.87. The molecule has 4 heteroatoms. The molecule has 0 aliphatic rings. The van der Waals surface area contributed by atoms with Crippen molar-refractivity contribution in [2.45, 2.75) is 19.4 Å². The van der Waals surface area contributed by atoms with Crippen LogP contribution in [0, 0.1) is 0 Å². The Morgan fingerprint density at radius 2 is 1.92 bits per heavy atom. The van der Waals surface area contributed by atoms with Gasteiger partial charge in [-0.05, 0) is 6.42 Å². The van der Waals surface area contributed by atoms with Gasteiger partial charge in [0, 0.05) is 6.04 Å². The highest BCUT2D eigenvalue weighted by molar-refractivity contribution is 4.54. The van der Waals surface area contributed by atoms with Crippen molar-refractivity contribution in [2.75, 3.05) is 33.0 Å². The van der Waals surface area contributed by atoms with Crippen molar-refractivity contribution in [2.24, 2.45) is 5.73 Å².